The first-order valence-electron chi connectivity index (χ1n) is 6.86. The maximum Gasteiger partial charge on any atom is 0.170 e. The Balaban J connectivity index is 2.17. The van der Waals surface area contributed by atoms with Gasteiger partial charge in [0.05, 0.1) is 5.56 Å². The topological polar surface area (TPSA) is 69.0 Å². The summed E-state index contributed by atoms with van der Waals surface area (Å²) in [5.41, 5.74) is 0.284. The molecule has 4 nitrogen and oxygen atoms in total. The van der Waals surface area contributed by atoms with Crippen LogP contribution in [0.1, 0.15) is 17.2 Å². The summed E-state index contributed by atoms with van der Waals surface area (Å²) in [6, 6.07) is 7.94. The number of rotatable bonds is 3. The number of aromatic nitrogens is 1. The SMILES string of the molecule is C#CC(O)c1c(Oc2ccc(F)c(C#N)c2)c(F)cc2[nH]ccc12. The maximum absolute atomic E-state index is 14.4. The normalized spacial score (nSPS) is 11.7. The number of nitrogens with zero attached hydrogens (tertiary/aromatic N) is 1. The van der Waals surface area contributed by atoms with E-state index in [2.05, 4.69) is 10.9 Å². The molecule has 0 aliphatic carbocycles. The highest BCUT2D eigenvalue weighted by Gasteiger charge is 2.21. The molecule has 0 radical (unpaired) electrons. The van der Waals surface area contributed by atoms with Crippen LogP contribution < -0.4 is 4.74 Å². The number of hydrogen-bond acceptors (Lipinski definition) is 3. The number of terminal acetylenes is 1. The third kappa shape index (κ3) is 2.56. The first-order chi connectivity index (χ1) is 11.5. The van der Waals surface area contributed by atoms with Gasteiger partial charge in [-0.3, -0.25) is 0 Å². The van der Waals surface area contributed by atoms with Crippen molar-refractivity contribution in [3.05, 3.63) is 59.3 Å². The molecule has 1 unspecified atom stereocenters. The second-order valence-corrected chi connectivity index (χ2v) is 4.96. The zero-order valence-corrected chi connectivity index (χ0v) is 12.2. The molecule has 1 aromatic heterocycles. The number of benzene rings is 2. The van der Waals surface area contributed by atoms with Crippen molar-refractivity contribution >= 4 is 10.9 Å². The fourth-order valence-electron chi connectivity index (χ4n) is 2.41. The molecule has 2 N–H and O–H groups in total. The van der Waals surface area contributed by atoms with Crippen molar-refractivity contribution in [3.8, 4) is 29.9 Å². The van der Waals surface area contributed by atoms with Gasteiger partial charge in [-0.15, -0.1) is 6.42 Å². The Morgan fingerprint density at radius 2 is 2.00 bits per heavy atom. The van der Waals surface area contributed by atoms with Crippen LogP contribution in [0.15, 0.2) is 36.5 Å². The minimum atomic E-state index is -1.40. The minimum absolute atomic E-state index is 0.0483. The molecule has 1 heterocycles. The standard InChI is InChI=1S/C18H10F2N2O2/c1-2-16(23)17-12-5-6-22-15(12)8-14(20)18(17)24-11-3-4-13(19)10(7-11)9-21/h1,3-8,16,22-23H. The van der Waals surface area contributed by atoms with Gasteiger partial charge in [-0.1, -0.05) is 5.92 Å². The van der Waals surface area contributed by atoms with Gasteiger partial charge in [0.2, 0.25) is 0 Å². The van der Waals surface area contributed by atoms with Crippen LogP contribution in [0.4, 0.5) is 8.78 Å². The molecule has 0 saturated heterocycles. The zero-order chi connectivity index (χ0) is 17.3. The lowest BCUT2D eigenvalue weighted by Crippen LogP contribution is -2.01. The number of fused-ring (bicyclic) bond motifs is 1. The second-order valence-electron chi connectivity index (χ2n) is 4.96. The molecule has 24 heavy (non-hydrogen) atoms. The number of aromatic amines is 1. The van der Waals surface area contributed by atoms with Gasteiger partial charge in [0, 0.05) is 34.8 Å². The highest BCUT2D eigenvalue weighted by Crippen LogP contribution is 2.38. The molecule has 0 saturated carbocycles. The Morgan fingerprint density at radius 3 is 2.71 bits per heavy atom. The second kappa shape index (κ2) is 6.04. The third-order valence-corrected chi connectivity index (χ3v) is 3.51. The Morgan fingerprint density at radius 1 is 1.21 bits per heavy atom. The van der Waals surface area contributed by atoms with Crippen molar-refractivity contribution in [3.63, 3.8) is 0 Å². The Kier molecular flexibility index (Phi) is 3.91. The molecule has 118 valence electrons. The summed E-state index contributed by atoms with van der Waals surface area (Å²) in [5, 5.41) is 19.4. The smallest absolute Gasteiger partial charge is 0.170 e. The van der Waals surface area contributed by atoms with Gasteiger partial charge in [0.1, 0.15) is 23.7 Å². The third-order valence-electron chi connectivity index (χ3n) is 3.51. The Bertz CT molecular complexity index is 1010. The van der Waals surface area contributed by atoms with Crippen LogP contribution in [-0.2, 0) is 0 Å². The van der Waals surface area contributed by atoms with Crippen molar-refractivity contribution in [1.29, 1.82) is 5.26 Å². The summed E-state index contributed by atoms with van der Waals surface area (Å²) in [6.45, 7) is 0. The highest BCUT2D eigenvalue weighted by atomic mass is 19.1. The van der Waals surface area contributed by atoms with Crippen LogP contribution in [0.5, 0.6) is 11.5 Å². The number of nitrogens with one attached hydrogen (secondary N) is 1. The van der Waals surface area contributed by atoms with E-state index in [-0.39, 0.29) is 22.6 Å². The van der Waals surface area contributed by atoms with Crippen LogP contribution >= 0.6 is 0 Å². The molecule has 2 aromatic carbocycles. The van der Waals surface area contributed by atoms with Crippen LogP contribution in [-0.4, -0.2) is 10.1 Å². The molecule has 0 fully saturated rings. The summed E-state index contributed by atoms with van der Waals surface area (Å²) >= 11 is 0. The number of aliphatic hydroxyl groups is 1. The fourth-order valence-corrected chi connectivity index (χ4v) is 2.41. The highest BCUT2D eigenvalue weighted by molar-refractivity contribution is 5.86. The molecule has 0 aliphatic heterocycles. The Hall–Kier alpha value is -3.35. The predicted molar refractivity (Wildman–Crippen MR) is 83.2 cm³/mol. The molecule has 0 spiro atoms. The summed E-state index contributed by atoms with van der Waals surface area (Å²) in [6.07, 6.45) is 5.44. The molecular formula is C18H10F2N2O2. The van der Waals surface area contributed by atoms with Crippen molar-refractivity contribution in [2.45, 2.75) is 6.10 Å². The van der Waals surface area contributed by atoms with Crippen LogP contribution in [0.2, 0.25) is 0 Å². The summed E-state index contributed by atoms with van der Waals surface area (Å²) in [4.78, 5) is 2.83. The zero-order valence-electron chi connectivity index (χ0n) is 12.2. The van der Waals surface area contributed by atoms with Gasteiger partial charge in [-0.25, -0.2) is 8.78 Å². The number of nitriles is 1. The lowest BCUT2D eigenvalue weighted by molar-refractivity contribution is 0.234. The summed E-state index contributed by atoms with van der Waals surface area (Å²) in [5.74, 6) is 0.439. The van der Waals surface area contributed by atoms with E-state index in [0.29, 0.717) is 10.9 Å². The molecule has 6 heteroatoms. The number of ether oxygens (including phenoxy) is 1. The molecular weight excluding hydrogens is 314 g/mol. The van der Waals surface area contributed by atoms with Gasteiger partial charge in [0.15, 0.2) is 11.6 Å². The number of halogens is 2. The Labute approximate surface area is 135 Å². The van der Waals surface area contributed by atoms with E-state index < -0.39 is 17.7 Å². The first kappa shape index (κ1) is 15.5. The fraction of sp³-hybridized carbons (Fsp3) is 0.0556. The number of H-pyrrole nitrogens is 1. The quantitative estimate of drug-likeness (QED) is 0.721. The van der Waals surface area contributed by atoms with E-state index in [1.54, 1.807) is 18.3 Å². The van der Waals surface area contributed by atoms with Crippen molar-refractivity contribution < 1.29 is 18.6 Å². The van der Waals surface area contributed by atoms with Crippen molar-refractivity contribution in [2.75, 3.05) is 0 Å². The van der Waals surface area contributed by atoms with Gasteiger partial charge in [0.25, 0.3) is 0 Å². The summed E-state index contributed by atoms with van der Waals surface area (Å²) < 4.78 is 33.3. The molecule has 0 bridgehead atoms. The lowest BCUT2D eigenvalue weighted by Gasteiger charge is -2.15. The predicted octanol–water partition coefficient (Wildman–Crippen LogP) is 3.78. The lowest BCUT2D eigenvalue weighted by atomic mass is 10.0. The van der Waals surface area contributed by atoms with Crippen LogP contribution in [0.25, 0.3) is 10.9 Å². The van der Waals surface area contributed by atoms with Crippen LogP contribution in [0, 0.1) is 35.3 Å². The molecule has 0 aliphatic rings. The van der Waals surface area contributed by atoms with E-state index in [9.17, 15) is 13.9 Å². The number of aliphatic hydroxyl groups excluding tert-OH is 1. The largest absolute Gasteiger partial charge is 0.454 e. The minimum Gasteiger partial charge on any atom is -0.454 e. The van der Waals surface area contributed by atoms with Gasteiger partial charge >= 0.3 is 0 Å². The van der Waals surface area contributed by atoms with Crippen molar-refractivity contribution in [1.82, 2.24) is 4.98 Å². The van der Waals surface area contributed by atoms with Gasteiger partial charge < -0.3 is 14.8 Å². The van der Waals surface area contributed by atoms with E-state index >= 15 is 0 Å². The van der Waals surface area contributed by atoms with E-state index in [4.69, 9.17) is 16.4 Å². The summed E-state index contributed by atoms with van der Waals surface area (Å²) in [7, 11) is 0. The molecule has 3 rings (SSSR count). The monoisotopic (exact) mass is 324 g/mol. The van der Waals surface area contributed by atoms with Crippen LogP contribution in [0.3, 0.4) is 0 Å². The van der Waals surface area contributed by atoms with Crippen molar-refractivity contribution in [2.24, 2.45) is 0 Å². The van der Waals surface area contributed by atoms with Gasteiger partial charge in [-0.05, 0) is 18.2 Å². The molecule has 0 amide bonds. The molecule has 3 aromatic rings. The van der Waals surface area contributed by atoms with Gasteiger partial charge in [-0.2, -0.15) is 5.26 Å². The molecule has 1 atom stereocenters. The first-order valence-corrected chi connectivity index (χ1v) is 6.86. The van der Waals surface area contributed by atoms with E-state index in [0.717, 1.165) is 12.1 Å². The average Bonchev–Trinajstić information content (AvgIpc) is 3.04. The van der Waals surface area contributed by atoms with E-state index in [1.165, 1.54) is 12.1 Å². The number of hydrogen-bond donors (Lipinski definition) is 2. The van der Waals surface area contributed by atoms with E-state index in [1.807, 2.05) is 0 Å². The average molecular weight is 324 g/mol. The maximum atomic E-state index is 14.4.